The van der Waals surface area contributed by atoms with E-state index in [1.54, 1.807) is 18.7 Å². The van der Waals surface area contributed by atoms with Gasteiger partial charge in [0.05, 0.1) is 17.7 Å². The first-order chi connectivity index (χ1) is 13.1. The minimum absolute atomic E-state index is 0.0300. The van der Waals surface area contributed by atoms with Crippen molar-refractivity contribution in [2.24, 2.45) is 5.92 Å². The van der Waals surface area contributed by atoms with Crippen molar-refractivity contribution in [1.29, 1.82) is 0 Å². The van der Waals surface area contributed by atoms with Crippen molar-refractivity contribution in [1.82, 2.24) is 25.1 Å². The van der Waals surface area contributed by atoms with Crippen molar-refractivity contribution in [2.45, 2.75) is 51.5 Å². The summed E-state index contributed by atoms with van der Waals surface area (Å²) in [6.07, 6.45) is 5.00. The topological polar surface area (TPSA) is 88.5 Å². The van der Waals surface area contributed by atoms with Gasteiger partial charge in [-0.15, -0.1) is 0 Å². The normalized spacial score (nSPS) is 23.8. The summed E-state index contributed by atoms with van der Waals surface area (Å²) in [6.45, 7) is 7.07. The molecule has 0 radical (unpaired) electrons. The molecule has 8 nitrogen and oxygen atoms in total. The van der Waals surface area contributed by atoms with E-state index < -0.39 is 0 Å². The van der Waals surface area contributed by atoms with Crippen LogP contribution in [0.4, 0.5) is 0 Å². The number of aryl methyl sites for hydroxylation is 2. The molecule has 1 atom stereocenters. The summed E-state index contributed by atoms with van der Waals surface area (Å²) in [5.74, 6) is 3.02. The summed E-state index contributed by atoms with van der Waals surface area (Å²) >= 11 is 0. The fourth-order valence-corrected chi connectivity index (χ4v) is 4.26. The van der Waals surface area contributed by atoms with Crippen LogP contribution in [0.1, 0.15) is 71.2 Å². The van der Waals surface area contributed by atoms with E-state index in [4.69, 9.17) is 14.0 Å². The zero-order chi connectivity index (χ0) is 18.5. The number of nitrogens with zero attached hydrogens (tertiary/aromatic N) is 5. The predicted octanol–water partition coefficient (Wildman–Crippen LogP) is 2.46. The second kappa shape index (κ2) is 6.44. The summed E-state index contributed by atoms with van der Waals surface area (Å²) in [5, 5.41) is 8.09. The van der Waals surface area contributed by atoms with E-state index in [-0.39, 0.29) is 17.9 Å². The quantitative estimate of drug-likeness (QED) is 0.797. The molecule has 1 saturated carbocycles. The zero-order valence-electron chi connectivity index (χ0n) is 15.8. The van der Waals surface area contributed by atoms with E-state index in [1.165, 1.54) is 19.3 Å². The van der Waals surface area contributed by atoms with Gasteiger partial charge in [0.2, 0.25) is 5.89 Å². The van der Waals surface area contributed by atoms with Crippen LogP contribution in [0, 0.1) is 19.8 Å². The number of carbonyl (C=O) groups is 1. The number of aromatic nitrogens is 3. The second-order valence-corrected chi connectivity index (χ2v) is 8.19. The maximum absolute atomic E-state index is 12.6. The van der Waals surface area contributed by atoms with Gasteiger partial charge in [-0.05, 0) is 52.0 Å². The summed E-state index contributed by atoms with van der Waals surface area (Å²) in [7, 11) is 0. The van der Waals surface area contributed by atoms with Crippen molar-refractivity contribution in [3.63, 3.8) is 0 Å². The number of hydrogen-bond acceptors (Lipinski definition) is 7. The average molecular weight is 371 g/mol. The van der Waals surface area contributed by atoms with E-state index in [9.17, 15) is 4.79 Å². The molecule has 4 heterocycles. The molecule has 3 aliphatic rings. The van der Waals surface area contributed by atoms with E-state index in [0.717, 1.165) is 37.1 Å². The van der Waals surface area contributed by atoms with Gasteiger partial charge in [-0.25, -0.2) is 0 Å². The highest BCUT2D eigenvalue weighted by atomic mass is 16.5. The third-order valence-electron chi connectivity index (χ3n) is 6.08. The van der Waals surface area contributed by atoms with Crippen LogP contribution in [0.5, 0.6) is 0 Å². The Morgan fingerprint density at radius 1 is 1.15 bits per heavy atom. The summed E-state index contributed by atoms with van der Waals surface area (Å²) in [4.78, 5) is 21.6. The third-order valence-corrected chi connectivity index (χ3v) is 6.08. The lowest BCUT2D eigenvalue weighted by atomic mass is 9.98. The third kappa shape index (κ3) is 3.05. The first-order valence-electron chi connectivity index (χ1n) is 9.90. The Labute approximate surface area is 157 Å². The van der Waals surface area contributed by atoms with Crippen molar-refractivity contribution >= 4 is 5.91 Å². The monoisotopic (exact) mass is 371 g/mol. The van der Waals surface area contributed by atoms with Gasteiger partial charge in [0.25, 0.3) is 5.91 Å². The van der Waals surface area contributed by atoms with Gasteiger partial charge in [-0.3, -0.25) is 9.69 Å². The van der Waals surface area contributed by atoms with Crippen LogP contribution >= 0.6 is 0 Å². The minimum atomic E-state index is -0.0300. The molecule has 27 heavy (non-hydrogen) atoms. The predicted molar refractivity (Wildman–Crippen MR) is 95.2 cm³/mol. The van der Waals surface area contributed by atoms with Crippen LogP contribution < -0.4 is 0 Å². The maximum atomic E-state index is 12.6. The fourth-order valence-electron chi connectivity index (χ4n) is 4.26. The van der Waals surface area contributed by atoms with Crippen LogP contribution in [-0.2, 0) is 0 Å². The van der Waals surface area contributed by atoms with Gasteiger partial charge in [-0.2, -0.15) is 4.98 Å². The van der Waals surface area contributed by atoms with Crippen LogP contribution in [-0.4, -0.2) is 57.2 Å². The lowest BCUT2D eigenvalue weighted by Gasteiger charge is -2.37. The van der Waals surface area contributed by atoms with E-state index in [2.05, 4.69) is 15.2 Å². The maximum Gasteiger partial charge on any atom is 0.259 e. The molecule has 0 N–H and O–H groups in total. The molecule has 2 aliphatic heterocycles. The molecule has 2 aromatic rings. The number of likely N-dealkylation sites (tertiary alicyclic amines) is 2. The molecule has 1 amide bonds. The highest BCUT2D eigenvalue weighted by molar-refractivity contribution is 5.96. The first-order valence-corrected chi connectivity index (χ1v) is 9.90. The Morgan fingerprint density at radius 3 is 2.67 bits per heavy atom. The molecular weight excluding hydrogens is 346 g/mol. The molecule has 2 aromatic heterocycles. The fraction of sp³-hybridized carbons (Fsp3) is 0.684. The molecule has 0 aromatic carbocycles. The molecule has 1 aliphatic carbocycles. The van der Waals surface area contributed by atoms with E-state index >= 15 is 0 Å². The van der Waals surface area contributed by atoms with Crippen LogP contribution in [0.2, 0.25) is 0 Å². The Bertz CT molecular complexity index is 830. The molecule has 8 heteroatoms. The number of carbonyl (C=O) groups excluding carboxylic acids is 1. The smallest absolute Gasteiger partial charge is 0.259 e. The molecule has 0 bridgehead atoms. The van der Waals surface area contributed by atoms with E-state index in [0.29, 0.717) is 30.1 Å². The highest BCUT2D eigenvalue weighted by Crippen LogP contribution is 2.38. The Balaban J connectivity index is 1.22. The standard InChI is InChI=1S/C19H25N5O3/c1-11-16(12(2)26-21-11)19(25)24-9-14(10-24)17-20-18(27-22-17)15-4-3-7-23(15)8-13-5-6-13/h13-15H,3-10H2,1-2H3. The van der Waals surface area contributed by atoms with Crippen LogP contribution in [0.25, 0.3) is 0 Å². The van der Waals surface area contributed by atoms with E-state index in [1.807, 2.05) is 0 Å². The van der Waals surface area contributed by atoms with Gasteiger partial charge in [0, 0.05) is 19.6 Å². The SMILES string of the molecule is Cc1noc(C)c1C(=O)N1CC(c2noc(C3CCCN3CC3CC3)n2)C1. The molecule has 2 saturated heterocycles. The first kappa shape index (κ1) is 16.9. The van der Waals surface area contributed by atoms with Gasteiger partial charge in [-0.1, -0.05) is 10.3 Å². The van der Waals surface area contributed by atoms with Crippen molar-refractivity contribution in [2.75, 3.05) is 26.2 Å². The van der Waals surface area contributed by atoms with Crippen LogP contribution in [0.3, 0.4) is 0 Å². The minimum Gasteiger partial charge on any atom is -0.361 e. The molecular formula is C19H25N5O3. The van der Waals surface area contributed by atoms with Gasteiger partial charge >= 0.3 is 0 Å². The average Bonchev–Trinajstić information content (AvgIpc) is 2.97. The molecule has 1 unspecified atom stereocenters. The lowest BCUT2D eigenvalue weighted by Crippen LogP contribution is -2.49. The molecule has 144 valence electrons. The second-order valence-electron chi connectivity index (χ2n) is 8.19. The number of rotatable bonds is 5. The Hall–Kier alpha value is -2.22. The van der Waals surface area contributed by atoms with Crippen LogP contribution in [0.15, 0.2) is 9.05 Å². The molecule has 5 rings (SSSR count). The number of amides is 1. The van der Waals surface area contributed by atoms with Gasteiger partial charge in [0.15, 0.2) is 5.82 Å². The molecule has 0 spiro atoms. The zero-order valence-corrected chi connectivity index (χ0v) is 15.8. The van der Waals surface area contributed by atoms with Gasteiger partial charge in [0.1, 0.15) is 11.3 Å². The summed E-state index contributed by atoms with van der Waals surface area (Å²) < 4.78 is 10.7. The summed E-state index contributed by atoms with van der Waals surface area (Å²) in [6, 6.07) is 0.270. The number of hydrogen-bond donors (Lipinski definition) is 0. The van der Waals surface area contributed by atoms with Gasteiger partial charge < -0.3 is 13.9 Å². The molecule has 3 fully saturated rings. The highest BCUT2D eigenvalue weighted by Gasteiger charge is 2.39. The summed E-state index contributed by atoms with van der Waals surface area (Å²) in [5.41, 5.74) is 1.21. The Kier molecular flexibility index (Phi) is 4.03. The van der Waals surface area contributed by atoms with Crippen molar-refractivity contribution < 1.29 is 13.8 Å². The Morgan fingerprint density at radius 2 is 1.96 bits per heavy atom. The lowest BCUT2D eigenvalue weighted by molar-refractivity contribution is 0.0589. The van der Waals surface area contributed by atoms with Crippen molar-refractivity contribution in [3.8, 4) is 0 Å². The van der Waals surface area contributed by atoms with Crippen molar-refractivity contribution in [3.05, 3.63) is 28.7 Å². The largest absolute Gasteiger partial charge is 0.361 e.